The molecule has 1 amide bonds. The second kappa shape index (κ2) is 8.76. The van der Waals surface area contributed by atoms with E-state index >= 15 is 0 Å². The fourth-order valence-corrected chi connectivity index (χ4v) is 2.16. The van der Waals surface area contributed by atoms with E-state index in [1.54, 1.807) is 18.2 Å². The van der Waals surface area contributed by atoms with E-state index in [0.29, 0.717) is 16.1 Å². The molecule has 2 rings (SSSR count). The SMILES string of the molecule is CC(=O)c1cc(C#CCNC(=O)OCc2ccccc2)ccc1Cl. The van der Waals surface area contributed by atoms with Gasteiger partial charge in [-0.3, -0.25) is 4.79 Å². The van der Waals surface area contributed by atoms with Crippen molar-refractivity contribution >= 4 is 23.5 Å². The number of amides is 1. The van der Waals surface area contributed by atoms with Gasteiger partial charge in [-0.25, -0.2) is 4.79 Å². The van der Waals surface area contributed by atoms with Gasteiger partial charge in [-0.2, -0.15) is 0 Å². The Kier molecular flexibility index (Phi) is 6.41. The smallest absolute Gasteiger partial charge is 0.408 e. The number of hydrogen-bond acceptors (Lipinski definition) is 3. The van der Waals surface area contributed by atoms with Crippen LogP contribution in [0.1, 0.15) is 28.4 Å². The van der Waals surface area contributed by atoms with Crippen molar-refractivity contribution in [1.29, 1.82) is 0 Å². The number of rotatable bonds is 4. The highest BCUT2D eigenvalue weighted by Gasteiger charge is 2.05. The van der Waals surface area contributed by atoms with Gasteiger partial charge in [0.1, 0.15) is 6.61 Å². The summed E-state index contributed by atoms with van der Waals surface area (Å²) in [6.45, 7) is 1.80. The van der Waals surface area contributed by atoms with Crippen LogP contribution in [0.4, 0.5) is 4.79 Å². The van der Waals surface area contributed by atoms with Crippen molar-refractivity contribution in [3.05, 3.63) is 70.2 Å². The Labute approximate surface area is 145 Å². The normalized spacial score (nSPS) is 9.58. The highest BCUT2D eigenvalue weighted by molar-refractivity contribution is 6.33. The maximum Gasteiger partial charge on any atom is 0.408 e. The van der Waals surface area contributed by atoms with Crippen LogP contribution in [0.3, 0.4) is 0 Å². The molecule has 4 nitrogen and oxygen atoms in total. The molecule has 0 saturated carbocycles. The van der Waals surface area contributed by atoms with E-state index in [2.05, 4.69) is 17.2 Å². The lowest BCUT2D eigenvalue weighted by Crippen LogP contribution is -2.24. The topological polar surface area (TPSA) is 55.4 Å². The molecule has 2 aromatic rings. The van der Waals surface area contributed by atoms with Gasteiger partial charge in [-0.15, -0.1) is 0 Å². The minimum absolute atomic E-state index is 0.119. The molecule has 0 aliphatic carbocycles. The van der Waals surface area contributed by atoms with Crippen molar-refractivity contribution in [1.82, 2.24) is 5.32 Å². The lowest BCUT2D eigenvalue weighted by molar-refractivity contribution is 0.101. The Bertz CT molecular complexity index is 791. The second-order valence-electron chi connectivity index (χ2n) is 4.97. The fraction of sp³-hybridized carbons (Fsp3) is 0.158. The molecular weight excluding hydrogens is 326 g/mol. The van der Waals surface area contributed by atoms with Crippen molar-refractivity contribution in [2.45, 2.75) is 13.5 Å². The quantitative estimate of drug-likeness (QED) is 0.679. The molecule has 0 saturated heterocycles. The van der Waals surface area contributed by atoms with Gasteiger partial charge in [0.15, 0.2) is 5.78 Å². The van der Waals surface area contributed by atoms with Gasteiger partial charge in [0.25, 0.3) is 0 Å². The first kappa shape index (κ1) is 17.6. The molecule has 0 unspecified atom stereocenters. The summed E-state index contributed by atoms with van der Waals surface area (Å²) in [6.07, 6.45) is -0.534. The third kappa shape index (κ3) is 5.45. The zero-order chi connectivity index (χ0) is 17.4. The lowest BCUT2D eigenvalue weighted by Gasteiger charge is -2.04. The summed E-state index contributed by atoms with van der Waals surface area (Å²) in [6, 6.07) is 14.4. The van der Waals surface area contributed by atoms with Crippen LogP contribution >= 0.6 is 11.6 Å². The van der Waals surface area contributed by atoms with Gasteiger partial charge in [0.05, 0.1) is 11.6 Å². The molecule has 0 aliphatic heterocycles. The van der Waals surface area contributed by atoms with E-state index in [1.807, 2.05) is 30.3 Å². The van der Waals surface area contributed by atoms with Crippen LogP contribution in [0, 0.1) is 11.8 Å². The third-order valence-corrected chi connectivity index (χ3v) is 3.44. The minimum Gasteiger partial charge on any atom is -0.445 e. The van der Waals surface area contributed by atoms with Crippen LogP contribution in [-0.4, -0.2) is 18.4 Å². The molecular formula is C19H16ClNO3. The Morgan fingerprint density at radius 1 is 1.17 bits per heavy atom. The Hall–Kier alpha value is -2.77. The average Bonchev–Trinajstić information content (AvgIpc) is 2.59. The minimum atomic E-state index is -0.534. The fourth-order valence-electron chi connectivity index (χ4n) is 1.91. The van der Waals surface area contributed by atoms with Crippen LogP contribution in [0.2, 0.25) is 5.02 Å². The number of carbonyl (C=O) groups excluding carboxylic acids is 2. The maximum absolute atomic E-state index is 11.6. The summed E-state index contributed by atoms with van der Waals surface area (Å²) >= 11 is 5.94. The first-order valence-corrected chi connectivity index (χ1v) is 7.68. The van der Waals surface area contributed by atoms with Crippen molar-refractivity contribution in [2.75, 3.05) is 6.54 Å². The molecule has 1 N–H and O–H groups in total. The number of alkyl carbamates (subject to hydrolysis) is 1. The van der Waals surface area contributed by atoms with Gasteiger partial charge >= 0.3 is 6.09 Å². The van der Waals surface area contributed by atoms with E-state index in [9.17, 15) is 9.59 Å². The Morgan fingerprint density at radius 3 is 2.62 bits per heavy atom. The van der Waals surface area contributed by atoms with Crippen molar-refractivity contribution in [2.24, 2.45) is 0 Å². The molecule has 0 bridgehead atoms. The molecule has 0 aliphatic rings. The molecule has 0 fully saturated rings. The van der Waals surface area contributed by atoms with E-state index in [4.69, 9.17) is 16.3 Å². The third-order valence-electron chi connectivity index (χ3n) is 3.11. The predicted molar refractivity (Wildman–Crippen MR) is 93.0 cm³/mol. The highest BCUT2D eigenvalue weighted by Crippen LogP contribution is 2.17. The summed E-state index contributed by atoms with van der Waals surface area (Å²) in [5.74, 6) is 5.55. The number of carbonyl (C=O) groups is 2. The van der Waals surface area contributed by atoms with Gasteiger partial charge in [-0.1, -0.05) is 53.8 Å². The van der Waals surface area contributed by atoms with Crippen LogP contribution in [0.25, 0.3) is 0 Å². The van der Waals surface area contributed by atoms with E-state index in [0.717, 1.165) is 5.56 Å². The van der Waals surface area contributed by atoms with Crippen molar-refractivity contribution < 1.29 is 14.3 Å². The number of hydrogen-bond donors (Lipinski definition) is 1. The van der Waals surface area contributed by atoms with Crippen molar-refractivity contribution in [3.63, 3.8) is 0 Å². The zero-order valence-corrected chi connectivity index (χ0v) is 13.9. The zero-order valence-electron chi connectivity index (χ0n) is 13.1. The summed E-state index contributed by atoms with van der Waals surface area (Å²) in [7, 11) is 0. The Balaban J connectivity index is 1.82. The predicted octanol–water partition coefficient (Wildman–Crippen LogP) is 3.82. The second-order valence-corrected chi connectivity index (χ2v) is 5.38. The average molecular weight is 342 g/mol. The monoisotopic (exact) mass is 341 g/mol. The molecule has 5 heteroatoms. The number of nitrogens with one attached hydrogen (secondary N) is 1. The first-order chi connectivity index (χ1) is 11.6. The molecule has 24 heavy (non-hydrogen) atoms. The maximum atomic E-state index is 11.6. The molecule has 2 aromatic carbocycles. The van der Waals surface area contributed by atoms with Gasteiger partial charge in [-0.05, 0) is 30.7 Å². The summed E-state index contributed by atoms with van der Waals surface area (Å²) in [5, 5.41) is 2.94. The van der Waals surface area contributed by atoms with Gasteiger partial charge in [0.2, 0.25) is 0 Å². The van der Waals surface area contributed by atoms with E-state index < -0.39 is 6.09 Å². The number of ether oxygens (including phenoxy) is 1. The number of Topliss-reactive ketones (excluding diaryl/α,β-unsaturated/α-hetero) is 1. The van der Waals surface area contributed by atoms with Gasteiger partial charge in [0, 0.05) is 11.1 Å². The van der Waals surface area contributed by atoms with Crippen molar-refractivity contribution in [3.8, 4) is 11.8 Å². The molecule has 0 spiro atoms. The summed E-state index contributed by atoms with van der Waals surface area (Å²) in [4.78, 5) is 23.0. The molecule has 0 atom stereocenters. The number of benzene rings is 2. The molecule has 0 radical (unpaired) electrons. The summed E-state index contributed by atoms with van der Waals surface area (Å²) < 4.78 is 5.07. The first-order valence-electron chi connectivity index (χ1n) is 7.30. The largest absolute Gasteiger partial charge is 0.445 e. The highest BCUT2D eigenvalue weighted by atomic mass is 35.5. The van der Waals surface area contributed by atoms with Crippen LogP contribution in [-0.2, 0) is 11.3 Å². The number of halogens is 1. The standard InChI is InChI=1S/C19H16ClNO3/c1-14(22)17-12-15(9-10-18(17)20)8-5-11-21-19(23)24-13-16-6-3-2-4-7-16/h2-4,6-7,9-10,12H,11,13H2,1H3,(H,21,23). The van der Waals surface area contributed by atoms with E-state index in [-0.39, 0.29) is 18.9 Å². The van der Waals surface area contributed by atoms with E-state index in [1.165, 1.54) is 6.92 Å². The molecule has 0 aromatic heterocycles. The molecule has 0 heterocycles. The van der Waals surface area contributed by atoms with Crippen LogP contribution in [0.5, 0.6) is 0 Å². The summed E-state index contributed by atoms with van der Waals surface area (Å²) in [5.41, 5.74) is 2.00. The Morgan fingerprint density at radius 2 is 1.92 bits per heavy atom. The molecule has 122 valence electrons. The lowest BCUT2D eigenvalue weighted by atomic mass is 10.1. The van der Waals surface area contributed by atoms with Crippen LogP contribution < -0.4 is 5.32 Å². The number of ketones is 1. The van der Waals surface area contributed by atoms with Gasteiger partial charge < -0.3 is 10.1 Å². The van der Waals surface area contributed by atoms with Crippen LogP contribution in [0.15, 0.2) is 48.5 Å².